The van der Waals surface area contributed by atoms with Crippen LogP contribution in [0.2, 0.25) is 0 Å². The molecule has 2 N–H and O–H groups in total. The van der Waals surface area contributed by atoms with E-state index in [9.17, 15) is 18.0 Å². The molecule has 0 fully saturated rings. The SMILES string of the molecule is CCCC(C)NC(=O)C(C)S(=O)(=O)CCC(=O)O. The van der Waals surface area contributed by atoms with E-state index in [1.807, 2.05) is 6.92 Å². The van der Waals surface area contributed by atoms with E-state index in [4.69, 9.17) is 5.11 Å². The smallest absolute Gasteiger partial charge is 0.304 e. The summed E-state index contributed by atoms with van der Waals surface area (Å²) in [5, 5.41) is 9.84. The number of hydrogen-bond donors (Lipinski definition) is 2. The van der Waals surface area contributed by atoms with Crippen LogP contribution < -0.4 is 5.32 Å². The van der Waals surface area contributed by atoms with Gasteiger partial charge < -0.3 is 10.4 Å². The van der Waals surface area contributed by atoms with E-state index >= 15 is 0 Å². The molecule has 0 bridgehead atoms. The molecule has 0 aromatic carbocycles. The molecule has 7 heteroatoms. The maximum atomic E-state index is 11.7. The van der Waals surface area contributed by atoms with Crippen LogP contribution >= 0.6 is 0 Å². The lowest BCUT2D eigenvalue weighted by Gasteiger charge is -2.17. The van der Waals surface area contributed by atoms with E-state index in [0.717, 1.165) is 12.8 Å². The fourth-order valence-electron chi connectivity index (χ4n) is 1.43. The normalized spacial score (nSPS) is 14.8. The maximum Gasteiger partial charge on any atom is 0.304 e. The van der Waals surface area contributed by atoms with E-state index in [-0.39, 0.29) is 6.04 Å². The van der Waals surface area contributed by atoms with Crippen molar-refractivity contribution in [1.29, 1.82) is 0 Å². The summed E-state index contributed by atoms with van der Waals surface area (Å²) in [7, 11) is -3.71. The Kier molecular flexibility index (Phi) is 6.90. The Morgan fingerprint density at radius 2 is 1.83 bits per heavy atom. The van der Waals surface area contributed by atoms with Crippen molar-refractivity contribution in [3.8, 4) is 0 Å². The first-order valence-corrected chi connectivity index (χ1v) is 7.66. The molecule has 0 radical (unpaired) electrons. The molecule has 0 spiro atoms. The van der Waals surface area contributed by atoms with Gasteiger partial charge in [0.1, 0.15) is 5.25 Å². The van der Waals surface area contributed by atoms with Gasteiger partial charge in [-0.25, -0.2) is 8.42 Å². The molecule has 0 heterocycles. The summed E-state index contributed by atoms with van der Waals surface area (Å²) in [6, 6.07) is -0.0837. The average Bonchev–Trinajstić information content (AvgIpc) is 2.25. The van der Waals surface area contributed by atoms with Crippen molar-refractivity contribution in [1.82, 2.24) is 5.32 Å². The fourth-order valence-corrected chi connectivity index (χ4v) is 2.64. The highest BCUT2D eigenvalue weighted by Gasteiger charge is 2.28. The first kappa shape index (κ1) is 16.9. The second-order valence-electron chi connectivity index (χ2n) is 4.35. The predicted molar refractivity (Wildman–Crippen MR) is 68.0 cm³/mol. The predicted octanol–water partition coefficient (Wildman–Crippen LogP) is 0.569. The molecular formula is C11H21NO5S. The number of sulfone groups is 1. The Hall–Kier alpha value is -1.11. The van der Waals surface area contributed by atoms with Crippen LogP contribution in [-0.2, 0) is 19.4 Å². The van der Waals surface area contributed by atoms with Crippen LogP contribution in [0, 0.1) is 0 Å². The molecule has 0 saturated heterocycles. The standard InChI is InChI=1S/C11H21NO5S/c1-4-5-8(2)12-11(15)9(3)18(16,17)7-6-10(13)14/h8-9H,4-7H2,1-3H3,(H,12,15)(H,13,14). The Bertz CT molecular complexity index is 390. The highest BCUT2D eigenvalue weighted by Crippen LogP contribution is 2.06. The van der Waals surface area contributed by atoms with Crippen LogP contribution in [0.15, 0.2) is 0 Å². The monoisotopic (exact) mass is 279 g/mol. The lowest BCUT2D eigenvalue weighted by Crippen LogP contribution is -2.43. The third kappa shape index (κ3) is 6.00. The topological polar surface area (TPSA) is 101 Å². The van der Waals surface area contributed by atoms with Gasteiger partial charge in [-0.05, 0) is 20.3 Å². The van der Waals surface area contributed by atoms with E-state index in [2.05, 4.69) is 5.32 Å². The van der Waals surface area contributed by atoms with Gasteiger partial charge in [0.25, 0.3) is 0 Å². The van der Waals surface area contributed by atoms with E-state index in [0.29, 0.717) is 0 Å². The second kappa shape index (κ2) is 7.35. The summed E-state index contributed by atoms with van der Waals surface area (Å²) in [5.74, 6) is -2.27. The number of rotatable bonds is 8. The second-order valence-corrected chi connectivity index (χ2v) is 6.79. The number of carboxylic acids is 1. The van der Waals surface area contributed by atoms with Crippen molar-refractivity contribution >= 4 is 21.7 Å². The van der Waals surface area contributed by atoms with Crippen LogP contribution in [0.4, 0.5) is 0 Å². The van der Waals surface area contributed by atoms with E-state index in [1.165, 1.54) is 6.92 Å². The van der Waals surface area contributed by atoms with E-state index in [1.54, 1.807) is 6.92 Å². The first-order chi connectivity index (χ1) is 8.20. The summed E-state index contributed by atoms with van der Waals surface area (Å²) in [5.41, 5.74) is 0. The van der Waals surface area contributed by atoms with Gasteiger partial charge in [-0.2, -0.15) is 0 Å². The Balaban J connectivity index is 4.48. The minimum atomic E-state index is -3.71. The summed E-state index contributed by atoms with van der Waals surface area (Å²) in [4.78, 5) is 22.0. The summed E-state index contributed by atoms with van der Waals surface area (Å²) in [6.07, 6.45) is 1.18. The Morgan fingerprint density at radius 1 is 1.28 bits per heavy atom. The molecule has 0 aromatic rings. The van der Waals surface area contributed by atoms with Gasteiger partial charge in [-0.3, -0.25) is 9.59 Å². The van der Waals surface area contributed by atoms with Crippen molar-refractivity contribution < 1.29 is 23.1 Å². The Labute approximate surface area is 108 Å². The Morgan fingerprint density at radius 3 is 2.28 bits per heavy atom. The van der Waals surface area contributed by atoms with Crippen LogP contribution in [0.25, 0.3) is 0 Å². The summed E-state index contributed by atoms with van der Waals surface area (Å²) < 4.78 is 23.4. The number of carboxylic acid groups (broad SMARTS) is 1. The third-order valence-electron chi connectivity index (χ3n) is 2.62. The van der Waals surface area contributed by atoms with Crippen LogP contribution in [0.1, 0.15) is 40.0 Å². The molecule has 18 heavy (non-hydrogen) atoms. The van der Waals surface area contributed by atoms with Crippen LogP contribution in [-0.4, -0.2) is 42.4 Å². The zero-order chi connectivity index (χ0) is 14.3. The van der Waals surface area contributed by atoms with Crippen molar-refractivity contribution in [2.75, 3.05) is 5.75 Å². The van der Waals surface area contributed by atoms with Crippen molar-refractivity contribution in [2.45, 2.75) is 51.3 Å². The highest BCUT2D eigenvalue weighted by molar-refractivity contribution is 7.92. The molecule has 1 amide bonds. The van der Waals surface area contributed by atoms with Gasteiger partial charge in [-0.1, -0.05) is 13.3 Å². The molecule has 0 aliphatic rings. The van der Waals surface area contributed by atoms with Gasteiger partial charge >= 0.3 is 5.97 Å². The lowest BCUT2D eigenvalue weighted by atomic mass is 10.2. The molecular weight excluding hydrogens is 258 g/mol. The average molecular weight is 279 g/mol. The largest absolute Gasteiger partial charge is 0.481 e. The molecule has 0 rings (SSSR count). The maximum absolute atomic E-state index is 11.7. The lowest BCUT2D eigenvalue weighted by molar-refractivity contribution is -0.136. The number of nitrogens with one attached hydrogen (secondary N) is 1. The minimum Gasteiger partial charge on any atom is -0.481 e. The summed E-state index contributed by atoms with van der Waals surface area (Å²) >= 11 is 0. The van der Waals surface area contributed by atoms with Crippen molar-refractivity contribution in [2.24, 2.45) is 0 Å². The molecule has 0 saturated carbocycles. The molecule has 2 atom stereocenters. The minimum absolute atomic E-state index is 0.0837. The van der Waals surface area contributed by atoms with Gasteiger partial charge in [0.2, 0.25) is 5.91 Å². The van der Waals surface area contributed by atoms with Gasteiger partial charge in [-0.15, -0.1) is 0 Å². The molecule has 0 aliphatic heterocycles. The van der Waals surface area contributed by atoms with Gasteiger partial charge in [0.15, 0.2) is 9.84 Å². The quantitative estimate of drug-likeness (QED) is 0.676. The number of carbonyl (C=O) groups is 2. The summed E-state index contributed by atoms with van der Waals surface area (Å²) in [6.45, 7) is 5.05. The third-order valence-corrected chi connectivity index (χ3v) is 4.68. The van der Waals surface area contributed by atoms with Gasteiger partial charge in [0, 0.05) is 6.04 Å². The van der Waals surface area contributed by atoms with Crippen molar-refractivity contribution in [3.63, 3.8) is 0 Å². The number of amides is 1. The van der Waals surface area contributed by atoms with Crippen molar-refractivity contribution in [3.05, 3.63) is 0 Å². The highest BCUT2D eigenvalue weighted by atomic mass is 32.2. The number of hydrogen-bond acceptors (Lipinski definition) is 4. The molecule has 106 valence electrons. The molecule has 2 unspecified atom stereocenters. The van der Waals surface area contributed by atoms with Gasteiger partial charge in [0.05, 0.1) is 12.2 Å². The zero-order valence-electron chi connectivity index (χ0n) is 11.0. The van der Waals surface area contributed by atoms with Crippen LogP contribution in [0.5, 0.6) is 0 Å². The molecule has 0 aromatic heterocycles. The van der Waals surface area contributed by atoms with Crippen LogP contribution in [0.3, 0.4) is 0 Å². The first-order valence-electron chi connectivity index (χ1n) is 5.94. The number of carbonyl (C=O) groups excluding carboxylic acids is 1. The van der Waals surface area contributed by atoms with E-state index < -0.39 is 39.1 Å². The number of aliphatic carboxylic acids is 1. The molecule has 0 aliphatic carbocycles. The fraction of sp³-hybridized carbons (Fsp3) is 0.818. The zero-order valence-corrected chi connectivity index (χ0v) is 11.8. The molecule has 6 nitrogen and oxygen atoms in total.